The molecule has 0 aliphatic carbocycles. The molecule has 0 saturated heterocycles. The third-order valence-electron chi connectivity index (χ3n) is 0. The van der Waals surface area contributed by atoms with Gasteiger partial charge in [-0.15, -0.1) is 0 Å². The van der Waals surface area contributed by atoms with Crippen LogP contribution in [0, 0.1) is 22.3 Å². The summed E-state index contributed by atoms with van der Waals surface area (Å²) in [6, 6.07) is 0. The first kappa shape index (κ1) is 40.9. The van der Waals surface area contributed by atoms with Gasteiger partial charge in [0.1, 0.15) is 0 Å². The first-order valence-corrected chi connectivity index (χ1v) is 0. The molecule has 0 N–H and O–H groups in total. The third kappa shape index (κ3) is 18.9. The molecule has 0 rings (SSSR count). The molecular weight excluding hydrogens is 114 g/mol. The van der Waals surface area contributed by atoms with E-state index >= 15 is 0 Å². The Labute approximate surface area is 121 Å². The van der Waals surface area contributed by atoms with Gasteiger partial charge in [-0.1, -0.05) is 0 Å². The Hall–Kier alpha value is 3.27. The second-order valence-corrected chi connectivity index (χ2v) is 0. The minimum absolute atomic E-state index is 0. The summed E-state index contributed by atoms with van der Waals surface area (Å²) in [5.41, 5.74) is 0. The van der Waals surface area contributed by atoms with Gasteiger partial charge in [0.15, 0.2) is 0 Å². The molecule has 5 heavy (non-hydrogen) atoms. The molecule has 0 atom stereocenters. The molecule has 0 aliphatic rings. The van der Waals surface area contributed by atoms with E-state index in [1.54, 1.807) is 0 Å². The Kier molecular flexibility index (Phi) is 218. The fraction of sp³-hybridized carbons (Fsp3) is 0. The molecule has 24 valence electrons. The normalized spacial score (nSPS) is 0. The van der Waals surface area contributed by atoms with Gasteiger partial charge in [0.05, 0.1) is 0 Å². The van der Waals surface area contributed by atoms with Crippen molar-refractivity contribution in [1.29, 1.82) is 0 Å². The van der Waals surface area contributed by atoms with E-state index in [-0.39, 0.29) is 125 Å². The van der Waals surface area contributed by atoms with E-state index in [2.05, 4.69) is 0 Å². The SMILES string of the molecule is [CH3-].[CH3-].[CH3-].[K+].[K+]. The average molecular weight is 123 g/mol. The van der Waals surface area contributed by atoms with Gasteiger partial charge in [-0.25, -0.2) is 0 Å². The van der Waals surface area contributed by atoms with Crippen molar-refractivity contribution >= 4 is 0 Å². The van der Waals surface area contributed by atoms with Gasteiger partial charge in [-0.3, -0.25) is 0 Å². The standard InChI is InChI=1S/3CH3.2K/h3*1H3;;/q3*-1;2*+1. The van der Waals surface area contributed by atoms with Gasteiger partial charge in [-0.2, -0.15) is 0 Å². The minimum atomic E-state index is 0. The molecule has 0 aromatic heterocycles. The fourth-order valence-corrected chi connectivity index (χ4v) is 0. The second-order valence-electron chi connectivity index (χ2n) is 0. The fourth-order valence-electron chi connectivity index (χ4n) is 0. The van der Waals surface area contributed by atoms with Crippen molar-refractivity contribution < 1.29 is 103 Å². The smallest absolute Gasteiger partial charge is 0.358 e. The van der Waals surface area contributed by atoms with Crippen molar-refractivity contribution in [3.05, 3.63) is 22.3 Å². The van der Waals surface area contributed by atoms with Crippen molar-refractivity contribution in [3.63, 3.8) is 0 Å². The van der Waals surface area contributed by atoms with Crippen LogP contribution in [0.1, 0.15) is 0 Å². The molecule has 2 heteroatoms. The van der Waals surface area contributed by atoms with E-state index in [0.29, 0.717) is 0 Å². The van der Waals surface area contributed by atoms with Crippen LogP contribution in [0.2, 0.25) is 0 Å². The number of hydrogen-bond donors (Lipinski definition) is 0. The Morgan fingerprint density at radius 2 is 0.400 bits per heavy atom. The number of rotatable bonds is 0. The molecule has 0 aromatic rings. The summed E-state index contributed by atoms with van der Waals surface area (Å²) in [7, 11) is 0. The van der Waals surface area contributed by atoms with Gasteiger partial charge in [0.2, 0.25) is 0 Å². The zero-order chi connectivity index (χ0) is 0. The van der Waals surface area contributed by atoms with Crippen LogP contribution in [0.15, 0.2) is 0 Å². The largest absolute Gasteiger partial charge is 1.00 e. The van der Waals surface area contributed by atoms with Gasteiger partial charge >= 0.3 is 103 Å². The van der Waals surface area contributed by atoms with Crippen LogP contribution >= 0.6 is 0 Å². The molecule has 0 bridgehead atoms. The molecule has 0 fully saturated rings. The van der Waals surface area contributed by atoms with Crippen LogP contribution in [0.4, 0.5) is 0 Å². The van der Waals surface area contributed by atoms with E-state index in [0.717, 1.165) is 0 Å². The first-order chi connectivity index (χ1) is 0. The Balaban J connectivity index is 0. The summed E-state index contributed by atoms with van der Waals surface area (Å²) in [6.07, 6.45) is 0. The Bertz CT molecular complexity index is 4.85. The van der Waals surface area contributed by atoms with Crippen LogP contribution < -0.4 is 103 Å². The quantitative estimate of drug-likeness (QED) is 0.224. The maximum atomic E-state index is 0. The van der Waals surface area contributed by atoms with Crippen LogP contribution in [0.3, 0.4) is 0 Å². The van der Waals surface area contributed by atoms with Gasteiger partial charge in [0.25, 0.3) is 0 Å². The predicted octanol–water partition coefficient (Wildman–Crippen LogP) is -4.64. The summed E-state index contributed by atoms with van der Waals surface area (Å²) in [5.74, 6) is 0. The van der Waals surface area contributed by atoms with Crippen LogP contribution in [-0.4, -0.2) is 0 Å². The van der Waals surface area contributed by atoms with E-state index < -0.39 is 0 Å². The summed E-state index contributed by atoms with van der Waals surface area (Å²) in [4.78, 5) is 0. The van der Waals surface area contributed by atoms with Gasteiger partial charge in [-0.05, 0) is 0 Å². The van der Waals surface area contributed by atoms with Crippen molar-refractivity contribution in [1.82, 2.24) is 0 Å². The van der Waals surface area contributed by atoms with E-state index in [4.69, 9.17) is 0 Å². The maximum Gasteiger partial charge on any atom is 1.00 e. The van der Waals surface area contributed by atoms with E-state index in [1.807, 2.05) is 0 Å². The van der Waals surface area contributed by atoms with E-state index in [1.165, 1.54) is 0 Å². The molecule has 0 heterocycles. The van der Waals surface area contributed by atoms with E-state index in [9.17, 15) is 0 Å². The maximum absolute atomic E-state index is 0. The summed E-state index contributed by atoms with van der Waals surface area (Å²) < 4.78 is 0. The average Bonchev–Trinajstić information content (AvgIpc) is 0. The zero-order valence-electron chi connectivity index (χ0n) is 5.00. The predicted molar refractivity (Wildman–Crippen MR) is 19.2 cm³/mol. The molecule has 0 aromatic carbocycles. The van der Waals surface area contributed by atoms with Gasteiger partial charge in [0, 0.05) is 0 Å². The Morgan fingerprint density at radius 1 is 0.400 bits per heavy atom. The molecule has 0 radical (unpaired) electrons. The van der Waals surface area contributed by atoms with Crippen molar-refractivity contribution in [2.45, 2.75) is 0 Å². The molecule has 0 spiro atoms. The van der Waals surface area contributed by atoms with Crippen LogP contribution in [-0.2, 0) is 0 Å². The first-order valence-electron chi connectivity index (χ1n) is 0. The zero-order valence-corrected chi connectivity index (χ0v) is 11.2. The van der Waals surface area contributed by atoms with Crippen molar-refractivity contribution in [2.75, 3.05) is 0 Å². The summed E-state index contributed by atoms with van der Waals surface area (Å²) in [6.45, 7) is 0. The molecular formula is C3H9K2-. The van der Waals surface area contributed by atoms with Crippen molar-refractivity contribution in [3.8, 4) is 0 Å². The monoisotopic (exact) mass is 123 g/mol. The minimum Gasteiger partial charge on any atom is -0.358 e. The second kappa shape index (κ2) is 26.7. The van der Waals surface area contributed by atoms with Crippen LogP contribution in [0.25, 0.3) is 0 Å². The molecule has 0 nitrogen and oxygen atoms in total. The molecule has 0 unspecified atom stereocenters. The molecule has 0 aliphatic heterocycles. The number of hydrogen-bond acceptors (Lipinski definition) is 0. The third-order valence-corrected chi connectivity index (χ3v) is 0. The summed E-state index contributed by atoms with van der Waals surface area (Å²) >= 11 is 0. The van der Waals surface area contributed by atoms with Crippen LogP contribution in [0.5, 0.6) is 0 Å². The Morgan fingerprint density at radius 3 is 0.400 bits per heavy atom. The molecule has 0 amide bonds. The van der Waals surface area contributed by atoms with Crippen molar-refractivity contribution in [2.24, 2.45) is 0 Å². The summed E-state index contributed by atoms with van der Waals surface area (Å²) in [5, 5.41) is 0. The topological polar surface area (TPSA) is 0 Å². The van der Waals surface area contributed by atoms with Gasteiger partial charge < -0.3 is 22.3 Å². The molecule has 0 saturated carbocycles.